The highest BCUT2D eigenvalue weighted by Gasteiger charge is 2.04. The van der Waals surface area contributed by atoms with Crippen molar-refractivity contribution in [2.45, 2.75) is 0 Å². The SMILES string of the molecule is Nc1ccc(NC(=O)/C=C/c2ccc(-c3ccc(F)cc3)o2)cc1. The van der Waals surface area contributed by atoms with Crippen molar-refractivity contribution < 1.29 is 13.6 Å². The van der Waals surface area contributed by atoms with E-state index in [1.54, 1.807) is 54.6 Å². The first-order chi connectivity index (χ1) is 11.6. The maximum atomic E-state index is 12.9. The summed E-state index contributed by atoms with van der Waals surface area (Å²) in [5.74, 6) is 0.555. The molecular weight excluding hydrogens is 307 g/mol. The number of benzene rings is 2. The maximum Gasteiger partial charge on any atom is 0.248 e. The Morgan fingerprint density at radius 3 is 2.42 bits per heavy atom. The molecule has 4 nitrogen and oxygen atoms in total. The molecule has 5 heteroatoms. The van der Waals surface area contributed by atoms with Crippen LogP contribution in [0.25, 0.3) is 17.4 Å². The Hall–Kier alpha value is -3.34. The molecule has 0 unspecified atom stereocenters. The van der Waals surface area contributed by atoms with Gasteiger partial charge in [0.15, 0.2) is 0 Å². The Labute approximate surface area is 138 Å². The first-order valence-electron chi connectivity index (χ1n) is 7.30. The lowest BCUT2D eigenvalue weighted by atomic mass is 10.2. The Morgan fingerprint density at radius 2 is 1.71 bits per heavy atom. The minimum atomic E-state index is -0.301. The van der Waals surface area contributed by atoms with Crippen LogP contribution in [0, 0.1) is 5.82 Å². The van der Waals surface area contributed by atoms with Crippen molar-refractivity contribution in [2.24, 2.45) is 0 Å². The van der Waals surface area contributed by atoms with Crippen molar-refractivity contribution in [3.63, 3.8) is 0 Å². The largest absolute Gasteiger partial charge is 0.457 e. The van der Waals surface area contributed by atoms with E-state index in [1.165, 1.54) is 18.2 Å². The number of rotatable bonds is 4. The van der Waals surface area contributed by atoms with Crippen molar-refractivity contribution >= 4 is 23.4 Å². The summed E-state index contributed by atoms with van der Waals surface area (Å²) < 4.78 is 18.5. The van der Waals surface area contributed by atoms with E-state index >= 15 is 0 Å². The molecule has 24 heavy (non-hydrogen) atoms. The molecule has 1 heterocycles. The van der Waals surface area contributed by atoms with Crippen LogP contribution < -0.4 is 11.1 Å². The van der Waals surface area contributed by atoms with Crippen LogP contribution in [0.15, 0.2) is 71.2 Å². The number of nitrogens with one attached hydrogen (secondary N) is 1. The van der Waals surface area contributed by atoms with E-state index in [0.717, 1.165) is 5.56 Å². The minimum absolute atomic E-state index is 0.278. The van der Waals surface area contributed by atoms with Crippen molar-refractivity contribution in [2.75, 3.05) is 11.1 Å². The summed E-state index contributed by atoms with van der Waals surface area (Å²) in [5, 5.41) is 2.72. The molecule has 0 aliphatic rings. The van der Waals surface area contributed by atoms with Crippen molar-refractivity contribution in [1.82, 2.24) is 0 Å². The van der Waals surface area contributed by atoms with E-state index < -0.39 is 0 Å². The zero-order chi connectivity index (χ0) is 16.9. The minimum Gasteiger partial charge on any atom is -0.457 e. The monoisotopic (exact) mass is 322 g/mol. The first kappa shape index (κ1) is 15.6. The zero-order valence-corrected chi connectivity index (χ0v) is 12.7. The Bertz CT molecular complexity index is 865. The van der Waals surface area contributed by atoms with E-state index in [2.05, 4.69) is 5.32 Å². The van der Waals surface area contributed by atoms with Crippen LogP contribution in [-0.4, -0.2) is 5.91 Å². The molecule has 0 saturated carbocycles. The van der Waals surface area contributed by atoms with Crippen LogP contribution in [0.1, 0.15) is 5.76 Å². The van der Waals surface area contributed by atoms with Crippen molar-refractivity contribution in [1.29, 1.82) is 0 Å². The normalized spacial score (nSPS) is 10.9. The zero-order valence-electron chi connectivity index (χ0n) is 12.7. The number of nitrogen functional groups attached to an aromatic ring is 1. The third kappa shape index (κ3) is 3.89. The molecule has 0 spiro atoms. The number of hydrogen-bond donors (Lipinski definition) is 2. The number of anilines is 2. The second-order valence-electron chi connectivity index (χ2n) is 5.15. The number of halogens is 1. The lowest BCUT2D eigenvalue weighted by Crippen LogP contribution is -2.07. The van der Waals surface area contributed by atoms with Gasteiger partial charge in [-0.3, -0.25) is 4.79 Å². The fourth-order valence-corrected chi connectivity index (χ4v) is 2.12. The number of carbonyl (C=O) groups is 1. The second kappa shape index (κ2) is 6.83. The van der Waals surface area contributed by atoms with Gasteiger partial charge in [0.2, 0.25) is 5.91 Å². The first-order valence-corrected chi connectivity index (χ1v) is 7.30. The van der Waals surface area contributed by atoms with Crippen LogP contribution in [0.3, 0.4) is 0 Å². The summed E-state index contributed by atoms with van der Waals surface area (Å²) in [7, 11) is 0. The smallest absolute Gasteiger partial charge is 0.248 e. The molecule has 3 aromatic rings. The fraction of sp³-hybridized carbons (Fsp3) is 0. The highest BCUT2D eigenvalue weighted by atomic mass is 19.1. The quantitative estimate of drug-likeness (QED) is 0.555. The van der Waals surface area contributed by atoms with Gasteiger partial charge in [-0.1, -0.05) is 0 Å². The molecule has 2 aromatic carbocycles. The van der Waals surface area contributed by atoms with Gasteiger partial charge in [0.25, 0.3) is 0 Å². The molecule has 0 aliphatic carbocycles. The molecule has 0 bridgehead atoms. The third-order valence-corrected chi connectivity index (χ3v) is 3.33. The van der Waals surface area contributed by atoms with Gasteiger partial charge in [-0.25, -0.2) is 4.39 Å². The van der Waals surface area contributed by atoms with Gasteiger partial charge in [0.1, 0.15) is 17.3 Å². The summed E-state index contributed by atoms with van der Waals surface area (Å²) in [6.45, 7) is 0. The molecule has 1 aromatic heterocycles. The molecule has 0 radical (unpaired) electrons. The summed E-state index contributed by atoms with van der Waals surface area (Å²) in [5.41, 5.74) is 7.65. The van der Waals surface area contributed by atoms with E-state index in [4.69, 9.17) is 10.2 Å². The van der Waals surface area contributed by atoms with Crippen LogP contribution in [0.2, 0.25) is 0 Å². The van der Waals surface area contributed by atoms with Crippen LogP contribution >= 0.6 is 0 Å². The average molecular weight is 322 g/mol. The van der Waals surface area contributed by atoms with Gasteiger partial charge in [-0.2, -0.15) is 0 Å². The summed E-state index contributed by atoms with van der Waals surface area (Å²) in [6.07, 6.45) is 2.95. The Kier molecular flexibility index (Phi) is 4.43. The third-order valence-electron chi connectivity index (χ3n) is 3.33. The number of carbonyl (C=O) groups excluding carboxylic acids is 1. The topological polar surface area (TPSA) is 68.3 Å². The standard InChI is InChI=1S/C19H15FN2O2/c20-14-3-1-13(2-4-14)18-11-9-17(24-18)10-12-19(23)22-16-7-5-15(21)6-8-16/h1-12H,21H2,(H,22,23)/b12-10+. The highest BCUT2D eigenvalue weighted by Crippen LogP contribution is 2.23. The number of nitrogens with two attached hydrogens (primary N) is 1. The number of amides is 1. The highest BCUT2D eigenvalue weighted by molar-refractivity contribution is 6.01. The molecule has 0 aliphatic heterocycles. The van der Waals surface area contributed by atoms with E-state index in [-0.39, 0.29) is 11.7 Å². The fourth-order valence-electron chi connectivity index (χ4n) is 2.12. The summed E-state index contributed by atoms with van der Waals surface area (Å²) in [4.78, 5) is 11.9. The van der Waals surface area contributed by atoms with Gasteiger partial charge >= 0.3 is 0 Å². The van der Waals surface area contributed by atoms with Crippen LogP contribution in [-0.2, 0) is 4.79 Å². The molecule has 0 fully saturated rings. The predicted octanol–water partition coefficient (Wildman–Crippen LogP) is 4.32. The Morgan fingerprint density at radius 1 is 1.00 bits per heavy atom. The van der Waals surface area contributed by atoms with Crippen LogP contribution in [0.5, 0.6) is 0 Å². The summed E-state index contributed by atoms with van der Waals surface area (Å²) >= 11 is 0. The number of furan rings is 1. The van der Waals surface area contributed by atoms with Crippen LogP contribution in [0.4, 0.5) is 15.8 Å². The molecular formula is C19H15FN2O2. The average Bonchev–Trinajstić information content (AvgIpc) is 3.05. The van der Waals surface area contributed by atoms with Gasteiger partial charge < -0.3 is 15.5 Å². The molecule has 0 saturated heterocycles. The predicted molar refractivity (Wildman–Crippen MR) is 92.6 cm³/mol. The lowest BCUT2D eigenvalue weighted by molar-refractivity contribution is -0.111. The number of hydrogen-bond acceptors (Lipinski definition) is 3. The lowest BCUT2D eigenvalue weighted by Gasteiger charge is -2.01. The van der Waals surface area contributed by atoms with Gasteiger partial charge in [-0.15, -0.1) is 0 Å². The maximum absolute atomic E-state index is 12.9. The molecule has 1 amide bonds. The molecule has 120 valence electrons. The van der Waals surface area contributed by atoms with Crippen molar-refractivity contribution in [3.05, 3.63) is 78.3 Å². The van der Waals surface area contributed by atoms with Gasteiger partial charge in [0, 0.05) is 23.0 Å². The Balaban J connectivity index is 1.65. The molecule has 0 atom stereocenters. The van der Waals surface area contributed by atoms with Gasteiger partial charge in [0.05, 0.1) is 0 Å². The van der Waals surface area contributed by atoms with E-state index in [1.807, 2.05) is 0 Å². The van der Waals surface area contributed by atoms with Gasteiger partial charge in [-0.05, 0) is 66.7 Å². The van der Waals surface area contributed by atoms with Crippen molar-refractivity contribution in [3.8, 4) is 11.3 Å². The van der Waals surface area contributed by atoms with E-state index in [0.29, 0.717) is 22.9 Å². The van der Waals surface area contributed by atoms with E-state index in [9.17, 15) is 9.18 Å². The molecule has 3 rings (SSSR count). The molecule has 3 N–H and O–H groups in total. The second-order valence-corrected chi connectivity index (χ2v) is 5.15. The summed E-state index contributed by atoms with van der Waals surface area (Å²) in [6, 6.07) is 16.4.